The van der Waals surface area contributed by atoms with Crippen molar-refractivity contribution >= 4 is 57.0 Å². The summed E-state index contributed by atoms with van der Waals surface area (Å²) in [5.74, 6) is 0. The fraction of sp³-hybridized carbons (Fsp3) is 0.261. The molecule has 0 spiro atoms. The second-order valence-electron chi connectivity index (χ2n) is 14.9. The quantitative estimate of drug-likeness (QED) is 0.168. The standard InChI is InChI=1S/C46H50B2/c1-27-19-31(5)43(32(6)20-27)47(44-33(7)21-28(2)22-34(44)8)41-17-18-42(40-16-14-13-15-39(40)41)48(45-35(9)23-29(3)24-36(45)10)46-37(11)25-30(4)26-38(46)12/h13-26H,1-12H3. The van der Waals surface area contributed by atoms with Crippen molar-refractivity contribution < 1.29 is 0 Å². The molecule has 0 aromatic heterocycles. The van der Waals surface area contributed by atoms with E-state index in [1.807, 2.05) is 0 Å². The molecule has 0 bridgehead atoms. The molecule has 6 rings (SSSR count). The molecular formula is C46H50B2. The molecule has 6 aromatic carbocycles. The third kappa shape index (κ3) is 5.96. The third-order valence-corrected chi connectivity index (χ3v) is 10.7. The lowest BCUT2D eigenvalue weighted by Crippen LogP contribution is -2.58. The molecule has 240 valence electrons. The van der Waals surface area contributed by atoms with Crippen molar-refractivity contribution in [1.29, 1.82) is 0 Å². The number of rotatable bonds is 6. The van der Waals surface area contributed by atoms with Crippen LogP contribution in [0.25, 0.3) is 10.8 Å². The van der Waals surface area contributed by atoms with Crippen molar-refractivity contribution in [3.8, 4) is 0 Å². The van der Waals surface area contributed by atoms with Crippen molar-refractivity contribution in [2.75, 3.05) is 0 Å². The first-order valence-electron chi connectivity index (χ1n) is 17.6. The molecule has 0 N–H and O–H groups in total. The van der Waals surface area contributed by atoms with Gasteiger partial charge in [-0.2, -0.15) is 0 Å². The van der Waals surface area contributed by atoms with Crippen molar-refractivity contribution in [3.05, 3.63) is 152 Å². The van der Waals surface area contributed by atoms with Gasteiger partial charge in [0.1, 0.15) is 0 Å². The monoisotopic (exact) mass is 624 g/mol. The van der Waals surface area contributed by atoms with Crippen molar-refractivity contribution in [2.24, 2.45) is 0 Å². The molecule has 0 amide bonds. The van der Waals surface area contributed by atoms with Crippen LogP contribution in [0.4, 0.5) is 0 Å². The molecular weight excluding hydrogens is 574 g/mol. The van der Waals surface area contributed by atoms with Crippen molar-refractivity contribution in [3.63, 3.8) is 0 Å². The normalized spacial score (nSPS) is 11.3. The summed E-state index contributed by atoms with van der Waals surface area (Å²) in [5, 5.41) is 2.68. The zero-order valence-corrected chi connectivity index (χ0v) is 31.2. The van der Waals surface area contributed by atoms with Gasteiger partial charge in [0, 0.05) is 0 Å². The molecule has 0 aliphatic heterocycles. The molecule has 2 heteroatoms. The summed E-state index contributed by atoms with van der Waals surface area (Å²) in [6.45, 7) is 27.6. The number of fused-ring (bicyclic) bond motifs is 1. The molecule has 6 aromatic rings. The third-order valence-electron chi connectivity index (χ3n) is 10.7. The van der Waals surface area contributed by atoms with Gasteiger partial charge >= 0.3 is 0 Å². The van der Waals surface area contributed by atoms with E-state index in [1.165, 1.54) is 110 Å². The Balaban J connectivity index is 1.73. The van der Waals surface area contributed by atoms with E-state index in [9.17, 15) is 0 Å². The zero-order chi connectivity index (χ0) is 34.6. The zero-order valence-electron chi connectivity index (χ0n) is 31.2. The van der Waals surface area contributed by atoms with Gasteiger partial charge in [-0.05, 0) is 93.9 Å². The van der Waals surface area contributed by atoms with Gasteiger partial charge in [0.05, 0.1) is 0 Å². The van der Waals surface area contributed by atoms with Gasteiger partial charge < -0.3 is 0 Å². The van der Waals surface area contributed by atoms with Crippen LogP contribution < -0.4 is 32.8 Å². The number of aryl methyl sites for hydroxylation is 12. The van der Waals surface area contributed by atoms with Crippen LogP contribution >= 0.6 is 0 Å². The second-order valence-corrected chi connectivity index (χ2v) is 14.9. The molecule has 0 aliphatic carbocycles. The Labute approximate surface area is 290 Å². The van der Waals surface area contributed by atoms with E-state index >= 15 is 0 Å². The Morgan fingerprint density at radius 2 is 0.500 bits per heavy atom. The lowest BCUT2D eigenvalue weighted by atomic mass is 9.31. The first kappa shape index (κ1) is 33.6. The van der Waals surface area contributed by atoms with E-state index in [0.717, 1.165) is 0 Å². The molecule has 0 nitrogen and oxygen atoms in total. The maximum Gasteiger partial charge on any atom is 0.243 e. The Morgan fingerprint density at radius 3 is 0.708 bits per heavy atom. The number of hydrogen-bond acceptors (Lipinski definition) is 0. The predicted molar refractivity (Wildman–Crippen MR) is 216 cm³/mol. The van der Waals surface area contributed by atoms with E-state index in [1.54, 1.807) is 0 Å². The van der Waals surface area contributed by atoms with E-state index in [2.05, 4.69) is 168 Å². The Bertz CT molecular complexity index is 1850. The van der Waals surface area contributed by atoms with Crippen molar-refractivity contribution in [1.82, 2.24) is 0 Å². The lowest BCUT2D eigenvalue weighted by Gasteiger charge is -2.28. The van der Waals surface area contributed by atoms with Crippen LogP contribution in [0, 0.1) is 83.1 Å². The van der Waals surface area contributed by atoms with Gasteiger partial charge in [0.15, 0.2) is 0 Å². The van der Waals surface area contributed by atoms with E-state index in [0.29, 0.717) is 0 Å². The Hall–Kier alpha value is -4.29. The average molecular weight is 625 g/mol. The van der Waals surface area contributed by atoms with E-state index in [-0.39, 0.29) is 13.4 Å². The highest BCUT2D eigenvalue weighted by Gasteiger charge is 2.33. The molecule has 0 unspecified atom stereocenters. The highest BCUT2D eigenvalue weighted by molar-refractivity contribution is 7.00. The largest absolute Gasteiger partial charge is 0.243 e. The first-order chi connectivity index (χ1) is 22.8. The molecule has 0 radical (unpaired) electrons. The SMILES string of the molecule is Cc1cc(C)c(B(c2c(C)cc(C)cc2C)c2ccc(B(c3c(C)cc(C)cc3C)c3c(C)cc(C)cc3C)c3ccccc23)c(C)c1. The average Bonchev–Trinajstić information content (AvgIpc) is 2.97. The van der Waals surface area contributed by atoms with Crippen LogP contribution in [-0.4, -0.2) is 13.4 Å². The first-order valence-corrected chi connectivity index (χ1v) is 17.6. The van der Waals surface area contributed by atoms with Gasteiger partial charge in [0.2, 0.25) is 13.4 Å². The highest BCUT2D eigenvalue weighted by Crippen LogP contribution is 2.20. The maximum absolute atomic E-state index is 2.48. The topological polar surface area (TPSA) is 0 Å². The minimum Gasteiger partial charge on any atom is -0.0668 e. The summed E-state index contributed by atoms with van der Waals surface area (Å²) in [4.78, 5) is 0. The second kappa shape index (κ2) is 13.0. The molecule has 0 heterocycles. The van der Waals surface area contributed by atoms with Crippen LogP contribution in [0.15, 0.2) is 84.9 Å². The summed E-state index contributed by atoms with van der Waals surface area (Å²) in [6.07, 6.45) is 0. The Morgan fingerprint density at radius 1 is 0.292 bits per heavy atom. The van der Waals surface area contributed by atoms with Gasteiger partial charge in [-0.15, -0.1) is 0 Å². The molecule has 0 atom stereocenters. The van der Waals surface area contributed by atoms with Gasteiger partial charge in [-0.1, -0.05) is 184 Å². The molecule has 0 fully saturated rings. The van der Waals surface area contributed by atoms with Gasteiger partial charge in [0.25, 0.3) is 0 Å². The summed E-state index contributed by atoms with van der Waals surface area (Å²) in [6, 6.07) is 33.1. The highest BCUT2D eigenvalue weighted by atomic mass is 14.2. The Kier molecular flexibility index (Phi) is 9.08. The number of benzene rings is 6. The molecule has 0 saturated heterocycles. The van der Waals surface area contributed by atoms with Crippen LogP contribution in [0.5, 0.6) is 0 Å². The van der Waals surface area contributed by atoms with Crippen LogP contribution in [0.2, 0.25) is 0 Å². The lowest BCUT2D eigenvalue weighted by molar-refractivity contribution is 1.34. The molecule has 0 aliphatic rings. The maximum atomic E-state index is 2.48. The smallest absolute Gasteiger partial charge is 0.0668 e. The van der Waals surface area contributed by atoms with Gasteiger partial charge in [-0.25, -0.2) is 0 Å². The van der Waals surface area contributed by atoms with Crippen LogP contribution in [0.1, 0.15) is 66.8 Å². The van der Waals surface area contributed by atoms with E-state index < -0.39 is 0 Å². The fourth-order valence-corrected chi connectivity index (χ4v) is 9.35. The van der Waals surface area contributed by atoms with Crippen LogP contribution in [-0.2, 0) is 0 Å². The predicted octanol–water partition coefficient (Wildman–Crippen LogP) is 7.57. The molecule has 48 heavy (non-hydrogen) atoms. The number of hydrogen-bond donors (Lipinski definition) is 0. The van der Waals surface area contributed by atoms with Crippen molar-refractivity contribution in [2.45, 2.75) is 83.1 Å². The summed E-state index contributed by atoms with van der Waals surface area (Å²) >= 11 is 0. The van der Waals surface area contributed by atoms with Crippen LogP contribution in [0.3, 0.4) is 0 Å². The fourth-order valence-electron chi connectivity index (χ4n) is 9.35. The summed E-state index contributed by atoms with van der Waals surface area (Å²) in [7, 11) is 0. The minimum absolute atomic E-state index is 0.120. The van der Waals surface area contributed by atoms with Gasteiger partial charge in [-0.3, -0.25) is 0 Å². The molecule has 0 saturated carbocycles. The summed E-state index contributed by atoms with van der Waals surface area (Å²) < 4.78 is 0. The summed E-state index contributed by atoms with van der Waals surface area (Å²) in [5.41, 5.74) is 24.7. The van der Waals surface area contributed by atoms with E-state index in [4.69, 9.17) is 0 Å². The minimum atomic E-state index is 0.120.